The molecule has 2 aromatic rings. The highest BCUT2D eigenvalue weighted by atomic mass is 35.5. The molecular formula is C20H19ClN2O5. The molecule has 2 aromatic carbocycles. The predicted molar refractivity (Wildman–Crippen MR) is 106 cm³/mol. The normalized spacial score (nSPS) is 10.8. The number of hydrogen-bond donors (Lipinski definition) is 2. The number of amides is 2. The van der Waals surface area contributed by atoms with Gasteiger partial charge in [-0.25, -0.2) is 4.79 Å². The smallest absolute Gasteiger partial charge is 0.355 e. The number of carbonyl (C=O) groups is 3. The van der Waals surface area contributed by atoms with Crippen molar-refractivity contribution in [1.82, 2.24) is 5.32 Å². The maximum atomic E-state index is 12.3. The van der Waals surface area contributed by atoms with Crippen molar-refractivity contribution in [1.29, 1.82) is 0 Å². The maximum Gasteiger partial charge on any atom is 0.355 e. The summed E-state index contributed by atoms with van der Waals surface area (Å²) in [5.74, 6) is -1.35. The number of nitrogens with one attached hydrogen (secondary N) is 2. The van der Waals surface area contributed by atoms with Crippen LogP contribution in [0.15, 0.2) is 54.2 Å². The third kappa shape index (κ3) is 6.44. The molecule has 0 unspecified atom stereocenters. The molecule has 0 aromatic heterocycles. The van der Waals surface area contributed by atoms with Crippen molar-refractivity contribution in [2.24, 2.45) is 0 Å². The highest BCUT2D eigenvalue weighted by Crippen LogP contribution is 2.27. The average Bonchev–Trinajstić information content (AvgIpc) is 2.66. The van der Waals surface area contributed by atoms with E-state index in [1.807, 2.05) is 6.07 Å². The van der Waals surface area contributed by atoms with Crippen LogP contribution >= 0.6 is 11.6 Å². The van der Waals surface area contributed by atoms with E-state index >= 15 is 0 Å². The molecule has 0 aliphatic carbocycles. The van der Waals surface area contributed by atoms with Gasteiger partial charge in [-0.05, 0) is 29.8 Å². The van der Waals surface area contributed by atoms with E-state index in [9.17, 15) is 14.4 Å². The van der Waals surface area contributed by atoms with Gasteiger partial charge in [-0.1, -0.05) is 41.9 Å². The summed E-state index contributed by atoms with van der Waals surface area (Å²) >= 11 is 6.00. The Kier molecular flexibility index (Phi) is 7.59. The molecule has 0 heterocycles. The van der Waals surface area contributed by atoms with Gasteiger partial charge < -0.3 is 20.1 Å². The Hall–Kier alpha value is -3.32. The monoisotopic (exact) mass is 402 g/mol. The summed E-state index contributed by atoms with van der Waals surface area (Å²) in [4.78, 5) is 35.6. The lowest BCUT2D eigenvalue weighted by Gasteiger charge is -2.10. The minimum atomic E-state index is -0.832. The lowest BCUT2D eigenvalue weighted by molar-refractivity contribution is -0.144. The Balaban J connectivity index is 1.99. The molecule has 2 rings (SSSR count). The van der Waals surface area contributed by atoms with E-state index in [-0.39, 0.29) is 5.70 Å². The zero-order valence-corrected chi connectivity index (χ0v) is 16.1. The number of halogens is 1. The van der Waals surface area contributed by atoms with E-state index in [0.29, 0.717) is 22.0 Å². The predicted octanol–water partition coefficient (Wildman–Crippen LogP) is 3.01. The first kappa shape index (κ1) is 21.0. The zero-order valence-electron chi connectivity index (χ0n) is 15.3. The summed E-state index contributed by atoms with van der Waals surface area (Å²) < 4.78 is 10.0. The van der Waals surface area contributed by atoms with E-state index in [4.69, 9.17) is 21.1 Å². The Labute approximate surface area is 167 Å². The van der Waals surface area contributed by atoms with Gasteiger partial charge in [-0.2, -0.15) is 0 Å². The second kappa shape index (κ2) is 10.1. The third-order valence-corrected chi connectivity index (χ3v) is 3.71. The first-order valence-corrected chi connectivity index (χ1v) is 8.61. The third-order valence-electron chi connectivity index (χ3n) is 3.41. The molecular weight excluding hydrogens is 384 g/mol. The Morgan fingerprint density at radius 1 is 1.11 bits per heavy atom. The highest BCUT2D eigenvalue weighted by molar-refractivity contribution is 6.32. The maximum absolute atomic E-state index is 12.3. The molecule has 0 bridgehead atoms. The summed E-state index contributed by atoms with van der Waals surface area (Å²) in [7, 11) is 1.48. The van der Waals surface area contributed by atoms with Gasteiger partial charge in [0.2, 0.25) is 5.91 Å². The number of esters is 1. The van der Waals surface area contributed by atoms with E-state index in [1.54, 1.807) is 36.4 Å². The van der Waals surface area contributed by atoms with Gasteiger partial charge in [0.05, 0.1) is 12.1 Å². The van der Waals surface area contributed by atoms with E-state index in [1.165, 1.54) is 26.2 Å². The first-order valence-electron chi connectivity index (χ1n) is 8.24. The van der Waals surface area contributed by atoms with Crippen LogP contribution in [-0.4, -0.2) is 31.5 Å². The lowest BCUT2D eigenvalue weighted by atomic mass is 10.2. The highest BCUT2D eigenvalue weighted by Gasteiger charge is 2.15. The van der Waals surface area contributed by atoms with Crippen LogP contribution in [0, 0.1) is 0 Å². The molecule has 7 nitrogen and oxygen atoms in total. The van der Waals surface area contributed by atoms with Crippen LogP contribution in [0.1, 0.15) is 12.5 Å². The fourth-order valence-corrected chi connectivity index (χ4v) is 2.46. The molecule has 8 heteroatoms. The summed E-state index contributed by atoms with van der Waals surface area (Å²) in [5, 5.41) is 5.29. The van der Waals surface area contributed by atoms with Crippen molar-refractivity contribution in [3.63, 3.8) is 0 Å². The number of ether oxygens (including phenoxy) is 2. The lowest BCUT2D eigenvalue weighted by Crippen LogP contribution is -2.28. The van der Waals surface area contributed by atoms with Crippen molar-refractivity contribution in [3.05, 3.63) is 64.8 Å². The summed E-state index contributed by atoms with van der Waals surface area (Å²) in [5.41, 5.74) is 1.05. The molecule has 0 fully saturated rings. The molecule has 146 valence electrons. The van der Waals surface area contributed by atoms with Crippen LogP contribution in [-0.2, 0) is 19.1 Å². The number of methoxy groups -OCH3 is 1. The standard InChI is InChI=1S/C20H19ClN2O5/c1-13(24)22-17(10-14-6-4-3-5-7-14)20(26)28-12-19(25)23-15-8-9-18(27-2)16(21)11-15/h3-11H,12H2,1-2H3,(H,22,24)(H,23,25)/b17-10+. The van der Waals surface area contributed by atoms with Crippen molar-refractivity contribution >= 4 is 41.1 Å². The molecule has 28 heavy (non-hydrogen) atoms. The topological polar surface area (TPSA) is 93.7 Å². The van der Waals surface area contributed by atoms with Gasteiger partial charge >= 0.3 is 5.97 Å². The molecule has 0 saturated carbocycles. The van der Waals surface area contributed by atoms with Crippen molar-refractivity contribution in [2.45, 2.75) is 6.92 Å². The first-order chi connectivity index (χ1) is 13.4. The minimum Gasteiger partial charge on any atom is -0.495 e. The van der Waals surface area contributed by atoms with E-state index in [0.717, 1.165) is 0 Å². The van der Waals surface area contributed by atoms with Crippen LogP contribution in [0.2, 0.25) is 5.02 Å². The number of carbonyl (C=O) groups excluding carboxylic acids is 3. The quantitative estimate of drug-likeness (QED) is 0.548. The largest absolute Gasteiger partial charge is 0.495 e. The number of rotatable bonds is 7. The van der Waals surface area contributed by atoms with Crippen molar-refractivity contribution in [3.8, 4) is 5.75 Å². The Morgan fingerprint density at radius 3 is 2.43 bits per heavy atom. The van der Waals surface area contributed by atoms with Gasteiger partial charge in [0.1, 0.15) is 11.4 Å². The molecule has 2 N–H and O–H groups in total. The van der Waals surface area contributed by atoms with E-state index < -0.39 is 24.4 Å². The van der Waals surface area contributed by atoms with E-state index in [2.05, 4.69) is 10.6 Å². The Bertz CT molecular complexity index is 897. The SMILES string of the molecule is COc1ccc(NC(=O)COC(=O)/C(=C\c2ccccc2)NC(C)=O)cc1Cl. The Morgan fingerprint density at radius 2 is 1.82 bits per heavy atom. The van der Waals surface area contributed by atoms with Crippen LogP contribution in [0.5, 0.6) is 5.75 Å². The second-order valence-electron chi connectivity index (χ2n) is 5.62. The van der Waals surface area contributed by atoms with Crippen LogP contribution in [0.3, 0.4) is 0 Å². The number of hydrogen-bond acceptors (Lipinski definition) is 5. The van der Waals surface area contributed by atoms with Gasteiger partial charge in [0.15, 0.2) is 6.61 Å². The van der Waals surface area contributed by atoms with Gasteiger partial charge in [0, 0.05) is 12.6 Å². The van der Waals surface area contributed by atoms with Crippen LogP contribution in [0.4, 0.5) is 5.69 Å². The number of anilines is 1. The van der Waals surface area contributed by atoms with Gasteiger partial charge in [0.25, 0.3) is 5.91 Å². The van der Waals surface area contributed by atoms with Crippen molar-refractivity contribution < 1.29 is 23.9 Å². The van der Waals surface area contributed by atoms with Crippen LogP contribution < -0.4 is 15.4 Å². The molecule has 0 atom stereocenters. The summed E-state index contributed by atoms with van der Waals surface area (Å²) in [6.45, 7) is 0.737. The molecule has 0 aliphatic heterocycles. The molecule has 0 saturated heterocycles. The van der Waals surface area contributed by atoms with Gasteiger partial charge in [-0.15, -0.1) is 0 Å². The molecule has 0 aliphatic rings. The average molecular weight is 403 g/mol. The van der Waals surface area contributed by atoms with Crippen molar-refractivity contribution in [2.75, 3.05) is 19.0 Å². The minimum absolute atomic E-state index is 0.0704. The fraction of sp³-hybridized carbons (Fsp3) is 0.150. The zero-order chi connectivity index (χ0) is 20.5. The fourth-order valence-electron chi connectivity index (χ4n) is 2.20. The molecule has 0 radical (unpaired) electrons. The number of benzene rings is 2. The second-order valence-corrected chi connectivity index (χ2v) is 6.03. The summed E-state index contributed by atoms with van der Waals surface area (Å²) in [6, 6.07) is 13.6. The van der Waals surface area contributed by atoms with Gasteiger partial charge in [-0.3, -0.25) is 9.59 Å². The summed E-state index contributed by atoms with van der Waals surface area (Å²) in [6.07, 6.45) is 1.46. The van der Waals surface area contributed by atoms with Crippen LogP contribution in [0.25, 0.3) is 6.08 Å². The molecule has 0 spiro atoms. The molecule has 2 amide bonds.